The monoisotopic (exact) mass is 221 g/mol. The van der Waals surface area contributed by atoms with E-state index in [0.29, 0.717) is 0 Å². The normalized spacial score (nSPS) is 23.5. The van der Waals surface area contributed by atoms with Gasteiger partial charge in [0.1, 0.15) is 0 Å². The van der Waals surface area contributed by atoms with Crippen LogP contribution < -0.4 is 0 Å². The summed E-state index contributed by atoms with van der Waals surface area (Å²) in [7, 11) is 2.07. The first kappa shape index (κ1) is 11.5. The molecule has 88 valence electrons. The summed E-state index contributed by atoms with van der Waals surface area (Å²) in [6.07, 6.45) is 1.83. The zero-order valence-corrected chi connectivity index (χ0v) is 9.71. The van der Waals surface area contributed by atoms with Gasteiger partial charge in [-0.25, -0.2) is 0 Å². The molecule has 4 heteroatoms. The molecule has 2 heterocycles. The summed E-state index contributed by atoms with van der Waals surface area (Å²) in [6.45, 7) is 4.09. The predicted molar refractivity (Wildman–Crippen MR) is 63.0 cm³/mol. The summed E-state index contributed by atoms with van der Waals surface area (Å²) in [4.78, 5) is 8.89. The third-order valence-electron chi connectivity index (χ3n) is 3.18. The highest BCUT2D eigenvalue weighted by molar-refractivity contribution is 5.03. The van der Waals surface area contributed by atoms with Crippen LogP contribution in [0.5, 0.6) is 0 Å². The van der Waals surface area contributed by atoms with Gasteiger partial charge in [-0.1, -0.05) is 6.07 Å². The minimum absolute atomic E-state index is 0.231. The van der Waals surface area contributed by atoms with Crippen molar-refractivity contribution < 1.29 is 5.11 Å². The maximum Gasteiger partial charge on any atom is 0.0599 e. The van der Waals surface area contributed by atoms with Crippen LogP contribution in [0.3, 0.4) is 0 Å². The van der Waals surface area contributed by atoms with Crippen LogP contribution in [0.1, 0.15) is 5.69 Å². The number of piperazine rings is 1. The largest absolute Gasteiger partial charge is 0.395 e. The SMILES string of the molecule is CN1CCN(Cc2ccccn2)CC1CO. The Kier molecular flexibility index (Phi) is 3.88. The van der Waals surface area contributed by atoms with Gasteiger partial charge in [0.2, 0.25) is 0 Å². The molecule has 1 atom stereocenters. The van der Waals surface area contributed by atoms with Gasteiger partial charge in [-0.05, 0) is 19.2 Å². The van der Waals surface area contributed by atoms with Gasteiger partial charge in [0.25, 0.3) is 0 Å². The number of aromatic nitrogens is 1. The Balaban J connectivity index is 1.92. The second-order valence-electron chi connectivity index (χ2n) is 4.37. The summed E-state index contributed by atoms with van der Waals surface area (Å²) in [5.74, 6) is 0. The maximum absolute atomic E-state index is 9.26. The molecule has 0 saturated carbocycles. The van der Waals surface area contributed by atoms with Crippen LogP contribution in [0, 0.1) is 0 Å². The number of aliphatic hydroxyl groups excluding tert-OH is 1. The van der Waals surface area contributed by atoms with E-state index in [1.165, 1.54) is 0 Å². The molecule has 1 fully saturated rings. The maximum atomic E-state index is 9.26. The lowest BCUT2D eigenvalue weighted by atomic mass is 10.2. The van der Waals surface area contributed by atoms with E-state index < -0.39 is 0 Å². The molecule has 1 unspecified atom stereocenters. The van der Waals surface area contributed by atoms with Crippen molar-refractivity contribution >= 4 is 0 Å². The highest BCUT2D eigenvalue weighted by atomic mass is 16.3. The minimum atomic E-state index is 0.231. The van der Waals surface area contributed by atoms with Crippen LogP contribution in [-0.2, 0) is 6.54 Å². The topological polar surface area (TPSA) is 39.6 Å². The Morgan fingerprint density at radius 3 is 3.00 bits per heavy atom. The van der Waals surface area contributed by atoms with Crippen molar-refractivity contribution in [1.29, 1.82) is 0 Å². The van der Waals surface area contributed by atoms with Gasteiger partial charge in [0.05, 0.1) is 12.3 Å². The molecule has 0 bridgehead atoms. The van der Waals surface area contributed by atoms with Crippen molar-refractivity contribution in [2.45, 2.75) is 12.6 Å². The molecule has 0 radical (unpaired) electrons. The van der Waals surface area contributed by atoms with Crippen molar-refractivity contribution in [3.63, 3.8) is 0 Å². The number of hydrogen-bond acceptors (Lipinski definition) is 4. The third kappa shape index (κ3) is 2.78. The molecule has 16 heavy (non-hydrogen) atoms. The van der Waals surface area contributed by atoms with Gasteiger partial charge in [0.15, 0.2) is 0 Å². The van der Waals surface area contributed by atoms with Crippen molar-refractivity contribution in [2.24, 2.45) is 0 Å². The second kappa shape index (κ2) is 5.39. The summed E-state index contributed by atoms with van der Waals surface area (Å²) < 4.78 is 0. The van der Waals surface area contributed by atoms with Crippen LogP contribution in [0.15, 0.2) is 24.4 Å². The quantitative estimate of drug-likeness (QED) is 0.791. The van der Waals surface area contributed by atoms with Crippen LogP contribution in [0.4, 0.5) is 0 Å². The van der Waals surface area contributed by atoms with E-state index in [1.54, 1.807) is 0 Å². The average Bonchev–Trinajstić information content (AvgIpc) is 2.33. The number of pyridine rings is 1. The van der Waals surface area contributed by atoms with Gasteiger partial charge >= 0.3 is 0 Å². The smallest absolute Gasteiger partial charge is 0.0599 e. The first-order valence-corrected chi connectivity index (χ1v) is 5.73. The first-order valence-electron chi connectivity index (χ1n) is 5.73. The van der Waals surface area contributed by atoms with Crippen LogP contribution in [0.25, 0.3) is 0 Å². The lowest BCUT2D eigenvalue weighted by Gasteiger charge is -2.38. The minimum Gasteiger partial charge on any atom is -0.395 e. The molecular weight excluding hydrogens is 202 g/mol. The van der Waals surface area contributed by atoms with E-state index >= 15 is 0 Å². The molecule has 2 rings (SSSR count). The van der Waals surface area contributed by atoms with Gasteiger partial charge < -0.3 is 5.11 Å². The second-order valence-corrected chi connectivity index (χ2v) is 4.37. The van der Waals surface area contributed by atoms with E-state index in [-0.39, 0.29) is 12.6 Å². The van der Waals surface area contributed by atoms with Gasteiger partial charge in [-0.15, -0.1) is 0 Å². The molecular formula is C12H19N3O. The molecule has 1 aliphatic rings. The Hall–Kier alpha value is -0.970. The average molecular weight is 221 g/mol. The zero-order valence-electron chi connectivity index (χ0n) is 9.71. The van der Waals surface area contributed by atoms with Crippen LogP contribution in [0.2, 0.25) is 0 Å². The van der Waals surface area contributed by atoms with E-state index in [1.807, 2.05) is 24.4 Å². The molecule has 1 aromatic rings. The Morgan fingerprint density at radius 2 is 2.31 bits per heavy atom. The predicted octanol–water partition coefficient (Wildman–Crippen LogP) is 0.190. The molecule has 0 spiro atoms. The third-order valence-corrected chi connectivity index (χ3v) is 3.18. The number of hydrogen-bond donors (Lipinski definition) is 1. The summed E-state index contributed by atoms with van der Waals surface area (Å²) >= 11 is 0. The number of likely N-dealkylation sites (N-methyl/N-ethyl adjacent to an activating group) is 1. The number of aliphatic hydroxyl groups is 1. The van der Waals surface area contributed by atoms with E-state index in [4.69, 9.17) is 0 Å². The van der Waals surface area contributed by atoms with E-state index in [0.717, 1.165) is 31.9 Å². The summed E-state index contributed by atoms with van der Waals surface area (Å²) in [6, 6.07) is 6.26. The van der Waals surface area contributed by atoms with Crippen LogP contribution in [-0.4, -0.2) is 59.2 Å². The lowest BCUT2D eigenvalue weighted by Crippen LogP contribution is -2.52. The molecule has 0 aromatic carbocycles. The fourth-order valence-electron chi connectivity index (χ4n) is 2.07. The highest BCUT2D eigenvalue weighted by Crippen LogP contribution is 2.10. The Morgan fingerprint density at radius 1 is 1.44 bits per heavy atom. The first-order chi connectivity index (χ1) is 7.79. The highest BCUT2D eigenvalue weighted by Gasteiger charge is 2.23. The lowest BCUT2D eigenvalue weighted by molar-refractivity contribution is 0.0534. The molecule has 0 aliphatic carbocycles. The molecule has 1 aliphatic heterocycles. The fourth-order valence-corrected chi connectivity index (χ4v) is 2.07. The summed E-state index contributed by atoms with van der Waals surface area (Å²) in [5.41, 5.74) is 1.10. The number of rotatable bonds is 3. The van der Waals surface area contributed by atoms with Crippen molar-refractivity contribution in [2.75, 3.05) is 33.3 Å². The molecule has 1 N–H and O–H groups in total. The molecule has 4 nitrogen and oxygen atoms in total. The Bertz CT molecular complexity index is 317. The van der Waals surface area contributed by atoms with Crippen molar-refractivity contribution in [3.8, 4) is 0 Å². The fraction of sp³-hybridized carbons (Fsp3) is 0.583. The van der Waals surface area contributed by atoms with E-state index in [9.17, 15) is 5.11 Å². The van der Waals surface area contributed by atoms with Gasteiger partial charge in [-0.2, -0.15) is 0 Å². The molecule has 1 saturated heterocycles. The molecule has 1 aromatic heterocycles. The van der Waals surface area contributed by atoms with Gasteiger partial charge in [0, 0.05) is 38.4 Å². The Labute approximate surface area is 96.5 Å². The molecule has 0 amide bonds. The van der Waals surface area contributed by atoms with Crippen molar-refractivity contribution in [1.82, 2.24) is 14.8 Å². The summed E-state index contributed by atoms with van der Waals surface area (Å²) in [5, 5.41) is 9.26. The number of nitrogens with zero attached hydrogens (tertiary/aromatic N) is 3. The zero-order chi connectivity index (χ0) is 11.4. The van der Waals surface area contributed by atoms with Crippen molar-refractivity contribution in [3.05, 3.63) is 30.1 Å². The standard InChI is InChI=1S/C12H19N3O/c1-14-6-7-15(9-12(14)10-16)8-11-4-2-3-5-13-11/h2-5,12,16H,6-10H2,1H3. The van der Waals surface area contributed by atoms with E-state index in [2.05, 4.69) is 21.8 Å². The van der Waals surface area contributed by atoms with Gasteiger partial charge in [-0.3, -0.25) is 14.8 Å². The van der Waals surface area contributed by atoms with Crippen LogP contribution >= 0.6 is 0 Å².